The van der Waals surface area contributed by atoms with E-state index in [4.69, 9.17) is 11.2 Å². The highest BCUT2D eigenvalue weighted by atomic mass is 16.5. The quantitative estimate of drug-likeness (QED) is 0.617. The summed E-state index contributed by atoms with van der Waals surface area (Å²) in [7, 11) is 1.39. The first kappa shape index (κ1) is 15.1. The normalized spacial score (nSPS) is 15.4. The van der Waals surface area contributed by atoms with Crippen LogP contribution in [0, 0.1) is 25.2 Å². The molecular formula is C17H19NO3. The maximum absolute atomic E-state index is 12.6. The van der Waals surface area contributed by atoms with Crippen molar-refractivity contribution in [3.05, 3.63) is 34.9 Å². The van der Waals surface area contributed by atoms with Gasteiger partial charge in [-0.15, -0.1) is 6.42 Å². The van der Waals surface area contributed by atoms with Gasteiger partial charge in [0.15, 0.2) is 0 Å². The minimum atomic E-state index is -0.193. The van der Waals surface area contributed by atoms with Crippen molar-refractivity contribution < 1.29 is 14.3 Å². The average Bonchev–Trinajstić information content (AvgIpc) is 2.53. The molecule has 0 spiro atoms. The molecule has 110 valence electrons. The number of ether oxygens (including phenoxy) is 1. The molecule has 0 saturated carbocycles. The number of nitrogens with zero attached hydrogens (tertiary/aromatic N) is 1. The molecule has 4 nitrogen and oxygen atoms in total. The lowest BCUT2D eigenvalue weighted by Gasteiger charge is -2.31. The standard InChI is InChI=1S/C17H19NO3/c1-4-14-12(2)6-5-7-15(14)16(19)18-10-8-13(9-11-18)17(20)21-3/h1,5-7,13H,8-11H2,2-3H3. The highest BCUT2D eigenvalue weighted by Crippen LogP contribution is 2.22. The molecule has 1 aliphatic rings. The largest absolute Gasteiger partial charge is 0.469 e. The summed E-state index contributed by atoms with van der Waals surface area (Å²) in [5.74, 6) is 2.24. The fourth-order valence-electron chi connectivity index (χ4n) is 2.69. The van der Waals surface area contributed by atoms with Crippen molar-refractivity contribution in [1.82, 2.24) is 4.90 Å². The highest BCUT2D eigenvalue weighted by Gasteiger charge is 2.29. The van der Waals surface area contributed by atoms with E-state index in [1.165, 1.54) is 7.11 Å². The molecule has 1 amide bonds. The molecule has 2 rings (SSSR count). The van der Waals surface area contributed by atoms with E-state index in [0.717, 1.165) is 5.56 Å². The second-order valence-corrected chi connectivity index (χ2v) is 5.23. The van der Waals surface area contributed by atoms with Gasteiger partial charge in [-0.25, -0.2) is 0 Å². The molecule has 1 aromatic carbocycles. The summed E-state index contributed by atoms with van der Waals surface area (Å²) in [5, 5.41) is 0. The summed E-state index contributed by atoms with van der Waals surface area (Å²) in [6.07, 6.45) is 6.79. The van der Waals surface area contributed by atoms with Gasteiger partial charge >= 0.3 is 5.97 Å². The van der Waals surface area contributed by atoms with Crippen LogP contribution in [0.4, 0.5) is 0 Å². The molecule has 0 N–H and O–H groups in total. The number of terminal acetylenes is 1. The summed E-state index contributed by atoms with van der Waals surface area (Å²) in [4.78, 5) is 25.9. The van der Waals surface area contributed by atoms with Crippen LogP contribution in [0.2, 0.25) is 0 Å². The second-order valence-electron chi connectivity index (χ2n) is 5.23. The molecular weight excluding hydrogens is 266 g/mol. The topological polar surface area (TPSA) is 46.6 Å². The van der Waals surface area contributed by atoms with E-state index < -0.39 is 0 Å². The molecule has 0 atom stereocenters. The van der Waals surface area contributed by atoms with Gasteiger partial charge in [-0.05, 0) is 31.4 Å². The van der Waals surface area contributed by atoms with Crippen molar-refractivity contribution >= 4 is 11.9 Å². The van der Waals surface area contributed by atoms with E-state index in [2.05, 4.69) is 5.92 Å². The number of carbonyl (C=O) groups excluding carboxylic acids is 2. The number of methoxy groups -OCH3 is 1. The van der Waals surface area contributed by atoms with Crippen molar-refractivity contribution in [3.63, 3.8) is 0 Å². The Balaban J connectivity index is 2.11. The molecule has 0 aliphatic carbocycles. The van der Waals surface area contributed by atoms with Crippen molar-refractivity contribution in [2.75, 3.05) is 20.2 Å². The number of amides is 1. The van der Waals surface area contributed by atoms with Gasteiger partial charge in [0, 0.05) is 18.7 Å². The van der Waals surface area contributed by atoms with Crippen molar-refractivity contribution in [2.24, 2.45) is 5.92 Å². The molecule has 0 radical (unpaired) electrons. The minimum Gasteiger partial charge on any atom is -0.469 e. The van der Waals surface area contributed by atoms with Crippen LogP contribution in [0.5, 0.6) is 0 Å². The Morgan fingerprint density at radius 2 is 2.00 bits per heavy atom. The Hall–Kier alpha value is -2.28. The fourth-order valence-corrected chi connectivity index (χ4v) is 2.69. The third kappa shape index (κ3) is 3.08. The van der Waals surface area contributed by atoms with Gasteiger partial charge < -0.3 is 9.64 Å². The number of piperidine rings is 1. The molecule has 21 heavy (non-hydrogen) atoms. The molecule has 1 aromatic rings. The number of carbonyl (C=O) groups is 2. The van der Waals surface area contributed by atoms with Crippen LogP contribution in [0.15, 0.2) is 18.2 Å². The first-order chi connectivity index (χ1) is 10.1. The van der Waals surface area contributed by atoms with Crippen molar-refractivity contribution in [3.8, 4) is 12.3 Å². The Bertz CT molecular complexity index is 593. The first-order valence-electron chi connectivity index (χ1n) is 7.01. The molecule has 0 aromatic heterocycles. The third-order valence-electron chi connectivity index (χ3n) is 3.96. The van der Waals surface area contributed by atoms with E-state index in [9.17, 15) is 9.59 Å². The maximum atomic E-state index is 12.6. The van der Waals surface area contributed by atoms with E-state index >= 15 is 0 Å². The van der Waals surface area contributed by atoms with Crippen LogP contribution in [-0.2, 0) is 9.53 Å². The third-order valence-corrected chi connectivity index (χ3v) is 3.96. The summed E-state index contributed by atoms with van der Waals surface area (Å²) >= 11 is 0. The van der Waals surface area contributed by atoms with Crippen LogP contribution in [0.3, 0.4) is 0 Å². The molecule has 1 saturated heterocycles. The fraction of sp³-hybridized carbons (Fsp3) is 0.412. The zero-order chi connectivity index (χ0) is 15.4. The minimum absolute atomic E-state index is 0.0602. The van der Waals surface area contributed by atoms with Crippen molar-refractivity contribution in [1.29, 1.82) is 0 Å². The van der Waals surface area contributed by atoms with Crippen LogP contribution in [0.25, 0.3) is 0 Å². The van der Waals surface area contributed by atoms with Gasteiger partial charge in [-0.1, -0.05) is 18.1 Å². The van der Waals surface area contributed by atoms with Gasteiger partial charge in [-0.2, -0.15) is 0 Å². The molecule has 0 unspecified atom stereocenters. The van der Waals surface area contributed by atoms with Crippen molar-refractivity contribution in [2.45, 2.75) is 19.8 Å². The van der Waals surface area contributed by atoms with Gasteiger partial charge in [0.2, 0.25) is 0 Å². The van der Waals surface area contributed by atoms with Crippen LogP contribution in [0.1, 0.15) is 34.3 Å². The molecule has 1 fully saturated rings. The second kappa shape index (κ2) is 6.45. The Labute approximate surface area is 125 Å². The first-order valence-corrected chi connectivity index (χ1v) is 7.01. The predicted octanol–water partition coefficient (Wildman–Crippen LogP) is 2.00. The average molecular weight is 285 g/mol. The molecule has 1 heterocycles. The number of benzene rings is 1. The molecule has 4 heteroatoms. The predicted molar refractivity (Wildman–Crippen MR) is 79.8 cm³/mol. The number of hydrogen-bond donors (Lipinski definition) is 0. The Morgan fingerprint density at radius 3 is 2.57 bits per heavy atom. The molecule has 0 bridgehead atoms. The number of likely N-dealkylation sites (tertiary alicyclic amines) is 1. The Kier molecular flexibility index (Phi) is 4.64. The molecule has 1 aliphatic heterocycles. The van der Waals surface area contributed by atoms with E-state index in [0.29, 0.717) is 37.1 Å². The summed E-state index contributed by atoms with van der Waals surface area (Å²) in [6.45, 7) is 3.00. The number of esters is 1. The van der Waals surface area contributed by atoms with Crippen LogP contribution < -0.4 is 0 Å². The number of aryl methyl sites for hydroxylation is 1. The van der Waals surface area contributed by atoms with Gasteiger partial charge in [0.25, 0.3) is 5.91 Å². The van der Waals surface area contributed by atoms with Gasteiger partial charge in [0.1, 0.15) is 0 Å². The zero-order valence-corrected chi connectivity index (χ0v) is 12.4. The smallest absolute Gasteiger partial charge is 0.308 e. The van der Waals surface area contributed by atoms with Crippen LogP contribution >= 0.6 is 0 Å². The monoisotopic (exact) mass is 285 g/mol. The lowest BCUT2D eigenvalue weighted by molar-refractivity contribution is -0.146. The zero-order valence-electron chi connectivity index (χ0n) is 12.4. The van der Waals surface area contributed by atoms with E-state index in [-0.39, 0.29) is 17.8 Å². The number of hydrogen-bond acceptors (Lipinski definition) is 3. The Morgan fingerprint density at radius 1 is 1.33 bits per heavy atom. The summed E-state index contributed by atoms with van der Waals surface area (Å²) in [6, 6.07) is 5.50. The SMILES string of the molecule is C#Cc1c(C)cccc1C(=O)N1CCC(C(=O)OC)CC1. The highest BCUT2D eigenvalue weighted by molar-refractivity contribution is 5.97. The van der Waals surface area contributed by atoms with E-state index in [1.54, 1.807) is 11.0 Å². The van der Waals surface area contributed by atoms with Crippen LogP contribution in [-0.4, -0.2) is 37.0 Å². The summed E-state index contributed by atoms with van der Waals surface area (Å²) < 4.78 is 4.75. The van der Waals surface area contributed by atoms with Gasteiger partial charge in [0.05, 0.1) is 18.6 Å². The summed E-state index contributed by atoms with van der Waals surface area (Å²) in [5.41, 5.74) is 2.14. The van der Waals surface area contributed by atoms with Gasteiger partial charge in [-0.3, -0.25) is 9.59 Å². The number of rotatable bonds is 2. The lowest BCUT2D eigenvalue weighted by Crippen LogP contribution is -2.40. The van der Waals surface area contributed by atoms with E-state index in [1.807, 2.05) is 19.1 Å². The lowest BCUT2D eigenvalue weighted by atomic mass is 9.95. The maximum Gasteiger partial charge on any atom is 0.308 e.